The third kappa shape index (κ3) is 2.87. The fourth-order valence-electron chi connectivity index (χ4n) is 2.65. The van der Waals surface area contributed by atoms with Crippen molar-refractivity contribution in [1.29, 1.82) is 0 Å². The van der Waals surface area contributed by atoms with E-state index in [1.807, 2.05) is 6.07 Å². The highest BCUT2D eigenvalue weighted by Crippen LogP contribution is 2.30. The Labute approximate surface area is 112 Å². The molecule has 0 amide bonds. The minimum absolute atomic E-state index is 0.165. The Bertz CT molecular complexity index is 466. The first kappa shape index (κ1) is 12.4. The van der Waals surface area contributed by atoms with E-state index in [1.54, 1.807) is 6.07 Å². The Hall–Kier alpha value is -1.62. The standard InChI is InChI=1S/C14H19N3O2/c18-14(19)13-12(2-1-5-15-13)17-8-6-16(7-9-17)10-11-3-4-11/h1-2,5,11H,3-4,6-10H2,(H,18,19). The van der Waals surface area contributed by atoms with Gasteiger partial charge in [-0.3, -0.25) is 4.90 Å². The first-order chi connectivity index (χ1) is 9.24. The molecule has 1 N–H and O–H groups in total. The number of aromatic nitrogens is 1. The van der Waals surface area contributed by atoms with Crippen molar-refractivity contribution < 1.29 is 9.90 Å². The summed E-state index contributed by atoms with van der Waals surface area (Å²) in [6.07, 6.45) is 4.30. The summed E-state index contributed by atoms with van der Waals surface area (Å²) in [4.78, 5) is 19.8. The third-order valence-corrected chi connectivity index (χ3v) is 3.92. The zero-order chi connectivity index (χ0) is 13.2. The maximum atomic E-state index is 11.2. The maximum Gasteiger partial charge on any atom is 0.356 e. The van der Waals surface area contributed by atoms with Crippen molar-refractivity contribution in [3.63, 3.8) is 0 Å². The molecule has 0 aromatic carbocycles. The predicted molar refractivity (Wildman–Crippen MR) is 72.6 cm³/mol. The Morgan fingerprint density at radius 2 is 2.05 bits per heavy atom. The van der Waals surface area contributed by atoms with E-state index >= 15 is 0 Å². The minimum Gasteiger partial charge on any atom is -0.476 e. The minimum atomic E-state index is -0.948. The van der Waals surface area contributed by atoms with Gasteiger partial charge in [0.25, 0.3) is 0 Å². The Kier molecular flexibility index (Phi) is 3.38. The van der Waals surface area contributed by atoms with Gasteiger partial charge in [-0.1, -0.05) is 0 Å². The first-order valence-corrected chi connectivity index (χ1v) is 6.89. The van der Waals surface area contributed by atoms with Crippen LogP contribution in [0.5, 0.6) is 0 Å². The number of pyridine rings is 1. The molecule has 2 heterocycles. The van der Waals surface area contributed by atoms with Crippen LogP contribution in [0.15, 0.2) is 18.3 Å². The summed E-state index contributed by atoms with van der Waals surface area (Å²) in [7, 11) is 0. The van der Waals surface area contributed by atoms with Crippen LogP contribution in [0, 0.1) is 5.92 Å². The molecule has 0 atom stereocenters. The van der Waals surface area contributed by atoms with Crippen molar-refractivity contribution in [1.82, 2.24) is 9.88 Å². The smallest absolute Gasteiger partial charge is 0.356 e. The fraction of sp³-hybridized carbons (Fsp3) is 0.571. The molecule has 19 heavy (non-hydrogen) atoms. The van der Waals surface area contributed by atoms with E-state index in [-0.39, 0.29) is 5.69 Å². The normalized spacial score (nSPS) is 20.5. The summed E-state index contributed by atoms with van der Waals surface area (Å²) in [5.74, 6) is -0.0319. The molecule has 1 saturated heterocycles. The molecule has 2 aliphatic rings. The van der Waals surface area contributed by atoms with Gasteiger partial charge in [0.05, 0.1) is 5.69 Å². The number of nitrogens with zero attached hydrogens (tertiary/aromatic N) is 3. The molecule has 0 bridgehead atoms. The highest BCUT2D eigenvalue weighted by atomic mass is 16.4. The number of carboxylic acids is 1. The van der Waals surface area contributed by atoms with Crippen LogP contribution < -0.4 is 4.90 Å². The Balaban J connectivity index is 1.65. The molecule has 102 valence electrons. The van der Waals surface area contributed by atoms with E-state index < -0.39 is 5.97 Å². The summed E-state index contributed by atoms with van der Waals surface area (Å²) >= 11 is 0. The zero-order valence-corrected chi connectivity index (χ0v) is 11.0. The average molecular weight is 261 g/mol. The van der Waals surface area contributed by atoms with Gasteiger partial charge in [0.15, 0.2) is 5.69 Å². The van der Waals surface area contributed by atoms with Gasteiger partial charge in [0.1, 0.15) is 0 Å². The molecule has 0 spiro atoms. The summed E-state index contributed by atoms with van der Waals surface area (Å²) in [6, 6.07) is 3.66. The monoisotopic (exact) mass is 261 g/mol. The highest BCUT2D eigenvalue weighted by molar-refractivity contribution is 5.92. The lowest BCUT2D eigenvalue weighted by molar-refractivity contribution is 0.0691. The molecular formula is C14H19N3O2. The lowest BCUT2D eigenvalue weighted by Crippen LogP contribution is -2.47. The van der Waals surface area contributed by atoms with Crippen LogP contribution in [0.1, 0.15) is 23.3 Å². The molecule has 1 aromatic heterocycles. The second-order valence-electron chi connectivity index (χ2n) is 5.41. The molecule has 3 rings (SSSR count). The van der Waals surface area contributed by atoms with E-state index in [1.165, 1.54) is 25.6 Å². The van der Waals surface area contributed by atoms with Crippen LogP contribution >= 0.6 is 0 Å². The molecule has 1 aliphatic carbocycles. The number of hydrogen-bond acceptors (Lipinski definition) is 4. The predicted octanol–water partition coefficient (Wildman–Crippen LogP) is 1.31. The van der Waals surface area contributed by atoms with Crippen molar-refractivity contribution in [2.45, 2.75) is 12.8 Å². The number of carbonyl (C=O) groups is 1. The average Bonchev–Trinajstić information content (AvgIpc) is 3.23. The molecule has 0 unspecified atom stereocenters. The number of anilines is 1. The Morgan fingerprint density at radius 1 is 1.32 bits per heavy atom. The topological polar surface area (TPSA) is 56.7 Å². The van der Waals surface area contributed by atoms with Crippen LogP contribution in [-0.2, 0) is 0 Å². The quantitative estimate of drug-likeness (QED) is 0.885. The molecule has 1 aliphatic heterocycles. The molecular weight excluding hydrogens is 242 g/mol. The van der Waals surface area contributed by atoms with Crippen LogP contribution in [-0.4, -0.2) is 53.7 Å². The molecule has 2 fully saturated rings. The lowest BCUT2D eigenvalue weighted by atomic mass is 10.2. The van der Waals surface area contributed by atoms with E-state index in [2.05, 4.69) is 14.8 Å². The van der Waals surface area contributed by atoms with Gasteiger partial charge in [-0.15, -0.1) is 0 Å². The van der Waals surface area contributed by atoms with Gasteiger partial charge in [-0.25, -0.2) is 9.78 Å². The Morgan fingerprint density at radius 3 is 2.68 bits per heavy atom. The van der Waals surface area contributed by atoms with Gasteiger partial charge in [0, 0.05) is 38.9 Å². The first-order valence-electron chi connectivity index (χ1n) is 6.89. The maximum absolute atomic E-state index is 11.2. The summed E-state index contributed by atoms with van der Waals surface area (Å²) in [5, 5.41) is 9.18. The van der Waals surface area contributed by atoms with Crippen molar-refractivity contribution in [2.75, 3.05) is 37.6 Å². The van der Waals surface area contributed by atoms with Crippen molar-refractivity contribution in [3.8, 4) is 0 Å². The molecule has 5 heteroatoms. The number of hydrogen-bond donors (Lipinski definition) is 1. The molecule has 1 aromatic rings. The van der Waals surface area contributed by atoms with E-state index in [4.69, 9.17) is 0 Å². The lowest BCUT2D eigenvalue weighted by Gasteiger charge is -2.36. The van der Waals surface area contributed by atoms with Crippen molar-refractivity contribution in [3.05, 3.63) is 24.0 Å². The SMILES string of the molecule is O=C(O)c1ncccc1N1CCN(CC2CC2)CC1. The third-order valence-electron chi connectivity index (χ3n) is 3.92. The van der Waals surface area contributed by atoms with Crippen LogP contribution in [0.2, 0.25) is 0 Å². The van der Waals surface area contributed by atoms with Gasteiger partial charge in [0.2, 0.25) is 0 Å². The number of piperazine rings is 1. The molecule has 5 nitrogen and oxygen atoms in total. The van der Waals surface area contributed by atoms with Gasteiger partial charge in [-0.05, 0) is 30.9 Å². The zero-order valence-electron chi connectivity index (χ0n) is 11.0. The second-order valence-corrected chi connectivity index (χ2v) is 5.41. The molecule has 0 radical (unpaired) electrons. The number of aromatic carboxylic acids is 1. The highest BCUT2D eigenvalue weighted by Gasteiger charge is 2.27. The van der Waals surface area contributed by atoms with Gasteiger partial charge >= 0.3 is 5.97 Å². The van der Waals surface area contributed by atoms with Crippen molar-refractivity contribution in [2.24, 2.45) is 5.92 Å². The van der Waals surface area contributed by atoms with Crippen LogP contribution in [0.3, 0.4) is 0 Å². The summed E-state index contributed by atoms with van der Waals surface area (Å²) in [6.45, 7) is 5.03. The van der Waals surface area contributed by atoms with Gasteiger partial charge < -0.3 is 10.0 Å². The van der Waals surface area contributed by atoms with Gasteiger partial charge in [-0.2, -0.15) is 0 Å². The van der Waals surface area contributed by atoms with E-state index in [0.29, 0.717) is 0 Å². The summed E-state index contributed by atoms with van der Waals surface area (Å²) < 4.78 is 0. The second kappa shape index (κ2) is 5.17. The summed E-state index contributed by atoms with van der Waals surface area (Å²) in [5.41, 5.74) is 0.916. The van der Waals surface area contributed by atoms with Crippen LogP contribution in [0.4, 0.5) is 5.69 Å². The van der Waals surface area contributed by atoms with E-state index in [0.717, 1.165) is 37.8 Å². The molecule has 1 saturated carbocycles. The van der Waals surface area contributed by atoms with Crippen molar-refractivity contribution >= 4 is 11.7 Å². The number of rotatable bonds is 4. The fourth-order valence-corrected chi connectivity index (χ4v) is 2.65. The van der Waals surface area contributed by atoms with Crippen LogP contribution in [0.25, 0.3) is 0 Å². The number of carboxylic acid groups (broad SMARTS) is 1. The largest absolute Gasteiger partial charge is 0.476 e. The van der Waals surface area contributed by atoms with E-state index in [9.17, 15) is 9.90 Å².